The monoisotopic (exact) mass is 434 g/mol. The Kier molecular flexibility index (Phi) is 5.43. The van der Waals surface area contributed by atoms with Crippen molar-refractivity contribution in [3.63, 3.8) is 0 Å². The molecule has 1 aliphatic heterocycles. The van der Waals surface area contributed by atoms with Crippen molar-refractivity contribution < 1.29 is 4.79 Å². The zero-order valence-electron chi connectivity index (χ0n) is 19.0. The summed E-state index contributed by atoms with van der Waals surface area (Å²) in [7, 11) is 0. The molecule has 3 heterocycles. The van der Waals surface area contributed by atoms with Gasteiger partial charge in [-0.2, -0.15) is 5.26 Å². The maximum Gasteiger partial charge on any atom is 0.255 e. The molecule has 0 N–H and O–H groups in total. The molecule has 1 amide bonds. The standard InChI is InChI=1S/C28H26N4O/c1-19-6-10-22(11-7-19)26-27(23-12-8-21(17-29)9-13-23)32-18-24(14-15-25(32)30-26)28(33)31-16-4-3-5-20(31)2/h6-15,18,20H,3-5,16H2,1-2H3. The summed E-state index contributed by atoms with van der Waals surface area (Å²) < 4.78 is 2.01. The van der Waals surface area contributed by atoms with Crippen LogP contribution in [0.15, 0.2) is 66.9 Å². The van der Waals surface area contributed by atoms with Crippen LogP contribution >= 0.6 is 0 Å². The quantitative estimate of drug-likeness (QED) is 0.406. The molecule has 4 aromatic rings. The summed E-state index contributed by atoms with van der Waals surface area (Å²) in [6.07, 6.45) is 5.19. The highest BCUT2D eigenvalue weighted by atomic mass is 16.2. The topological polar surface area (TPSA) is 61.4 Å². The fourth-order valence-corrected chi connectivity index (χ4v) is 4.63. The maximum atomic E-state index is 13.4. The molecule has 1 aliphatic rings. The molecule has 0 aliphatic carbocycles. The van der Waals surface area contributed by atoms with Gasteiger partial charge in [-0.15, -0.1) is 0 Å². The molecule has 1 atom stereocenters. The maximum absolute atomic E-state index is 13.4. The number of hydrogen-bond acceptors (Lipinski definition) is 3. The van der Waals surface area contributed by atoms with Crippen molar-refractivity contribution in [3.8, 4) is 28.6 Å². The molecule has 1 saturated heterocycles. The van der Waals surface area contributed by atoms with E-state index in [1.165, 1.54) is 12.0 Å². The number of aryl methyl sites for hydroxylation is 1. The Hall–Kier alpha value is -3.91. The van der Waals surface area contributed by atoms with Crippen molar-refractivity contribution in [2.45, 2.75) is 39.2 Å². The third kappa shape index (κ3) is 3.89. The van der Waals surface area contributed by atoms with E-state index < -0.39 is 0 Å². The van der Waals surface area contributed by atoms with E-state index in [0.717, 1.165) is 47.5 Å². The second kappa shape index (κ2) is 8.55. The van der Waals surface area contributed by atoms with Gasteiger partial charge in [-0.05, 0) is 57.4 Å². The van der Waals surface area contributed by atoms with Crippen molar-refractivity contribution in [1.82, 2.24) is 14.3 Å². The Morgan fingerprint density at radius 1 is 1.00 bits per heavy atom. The second-order valence-electron chi connectivity index (χ2n) is 8.85. The van der Waals surface area contributed by atoms with E-state index in [9.17, 15) is 10.1 Å². The van der Waals surface area contributed by atoms with Crippen LogP contribution in [0.2, 0.25) is 0 Å². The van der Waals surface area contributed by atoms with Crippen molar-refractivity contribution in [2.24, 2.45) is 0 Å². The number of imidazole rings is 1. The molecule has 5 rings (SSSR count). The Bertz CT molecular complexity index is 1360. The average molecular weight is 435 g/mol. The van der Waals surface area contributed by atoms with Gasteiger partial charge < -0.3 is 4.90 Å². The van der Waals surface area contributed by atoms with Crippen molar-refractivity contribution in [3.05, 3.63) is 83.6 Å². The van der Waals surface area contributed by atoms with Gasteiger partial charge in [-0.1, -0.05) is 42.0 Å². The summed E-state index contributed by atoms with van der Waals surface area (Å²) in [5.74, 6) is 0.0699. The van der Waals surface area contributed by atoms with E-state index in [2.05, 4.69) is 44.2 Å². The van der Waals surface area contributed by atoms with E-state index in [1.54, 1.807) is 0 Å². The molecule has 5 nitrogen and oxygen atoms in total. The first-order valence-corrected chi connectivity index (χ1v) is 11.5. The number of nitriles is 1. The molecule has 5 heteroatoms. The number of nitrogens with zero attached hydrogens (tertiary/aromatic N) is 4. The van der Waals surface area contributed by atoms with Crippen molar-refractivity contribution >= 4 is 11.6 Å². The van der Waals surface area contributed by atoms with Gasteiger partial charge in [0, 0.05) is 29.9 Å². The van der Waals surface area contributed by atoms with Crippen LogP contribution in [-0.4, -0.2) is 32.8 Å². The summed E-state index contributed by atoms with van der Waals surface area (Å²) in [5, 5.41) is 9.22. The zero-order valence-corrected chi connectivity index (χ0v) is 19.0. The Labute approximate surface area is 193 Å². The highest BCUT2D eigenvalue weighted by Crippen LogP contribution is 2.33. The van der Waals surface area contributed by atoms with Gasteiger partial charge in [-0.25, -0.2) is 4.98 Å². The van der Waals surface area contributed by atoms with Gasteiger partial charge >= 0.3 is 0 Å². The number of hydrogen-bond donors (Lipinski definition) is 0. The largest absolute Gasteiger partial charge is 0.336 e. The van der Waals surface area contributed by atoms with Crippen molar-refractivity contribution in [1.29, 1.82) is 5.26 Å². The highest BCUT2D eigenvalue weighted by Gasteiger charge is 2.25. The fraction of sp³-hybridized carbons (Fsp3) is 0.250. The minimum atomic E-state index is 0.0699. The summed E-state index contributed by atoms with van der Waals surface area (Å²) in [4.78, 5) is 20.3. The lowest BCUT2D eigenvalue weighted by Gasteiger charge is -2.33. The predicted molar refractivity (Wildman–Crippen MR) is 130 cm³/mol. The number of aromatic nitrogens is 2. The summed E-state index contributed by atoms with van der Waals surface area (Å²) in [5.41, 5.74) is 6.99. The van der Waals surface area contributed by atoms with Gasteiger partial charge in [0.2, 0.25) is 0 Å². The van der Waals surface area contributed by atoms with E-state index in [0.29, 0.717) is 11.1 Å². The molecule has 0 spiro atoms. The molecular formula is C28H26N4O. The SMILES string of the molecule is Cc1ccc(-c2nc3ccc(C(=O)N4CCCCC4C)cn3c2-c2ccc(C#N)cc2)cc1. The lowest BCUT2D eigenvalue weighted by molar-refractivity contribution is 0.0635. The molecule has 1 fully saturated rings. The first-order valence-electron chi connectivity index (χ1n) is 11.5. The smallest absolute Gasteiger partial charge is 0.255 e. The third-order valence-electron chi connectivity index (χ3n) is 6.54. The number of likely N-dealkylation sites (tertiary alicyclic amines) is 1. The van der Waals surface area contributed by atoms with E-state index >= 15 is 0 Å². The van der Waals surface area contributed by atoms with Gasteiger partial charge in [0.15, 0.2) is 0 Å². The van der Waals surface area contributed by atoms with Crippen LogP contribution in [0.3, 0.4) is 0 Å². The molecule has 164 valence electrons. The van der Waals surface area contributed by atoms with Gasteiger partial charge in [0.25, 0.3) is 5.91 Å². The zero-order chi connectivity index (χ0) is 22.9. The minimum absolute atomic E-state index is 0.0699. The van der Waals surface area contributed by atoms with Gasteiger partial charge in [0.05, 0.1) is 28.6 Å². The lowest BCUT2D eigenvalue weighted by Crippen LogP contribution is -2.42. The molecule has 33 heavy (non-hydrogen) atoms. The first kappa shape index (κ1) is 21.0. The first-order chi connectivity index (χ1) is 16.0. The Morgan fingerprint density at radius 3 is 2.42 bits per heavy atom. The molecular weight excluding hydrogens is 408 g/mol. The molecule has 0 bridgehead atoms. The molecule has 2 aromatic heterocycles. The summed E-state index contributed by atoms with van der Waals surface area (Å²) in [6, 6.07) is 22.1. The average Bonchev–Trinajstić information content (AvgIpc) is 3.23. The van der Waals surface area contributed by atoms with Crippen molar-refractivity contribution in [2.75, 3.05) is 6.54 Å². The molecule has 2 aromatic carbocycles. The summed E-state index contributed by atoms with van der Waals surface area (Å²) >= 11 is 0. The lowest BCUT2D eigenvalue weighted by atomic mass is 10.0. The predicted octanol–water partition coefficient (Wildman–Crippen LogP) is 5.86. The second-order valence-corrected chi connectivity index (χ2v) is 8.85. The Balaban J connectivity index is 1.67. The summed E-state index contributed by atoms with van der Waals surface area (Å²) in [6.45, 7) is 5.00. The van der Waals surface area contributed by atoms with E-state index in [4.69, 9.17) is 4.98 Å². The van der Waals surface area contributed by atoms with E-state index in [1.807, 2.05) is 51.9 Å². The van der Waals surface area contributed by atoms with Crippen LogP contribution in [0.25, 0.3) is 28.2 Å². The number of carbonyl (C=O) groups is 1. The third-order valence-corrected chi connectivity index (χ3v) is 6.54. The van der Waals surface area contributed by atoms with E-state index in [-0.39, 0.29) is 11.9 Å². The molecule has 1 unspecified atom stereocenters. The Morgan fingerprint density at radius 2 is 1.73 bits per heavy atom. The van der Waals surface area contributed by atoms with Crippen LogP contribution < -0.4 is 0 Å². The van der Waals surface area contributed by atoms with Crippen LogP contribution in [0.4, 0.5) is 0 Å². The van der Waals surface area contributed by atoms with Gasteiger partial charge in [0.1, 0.15) is 5.65 Å². The number of pyridine rings is 1. The van der Waals surface area contributed by atoms with Crippen LogP contribution in [0.5, 0.6) is 0 Å². The van der Waals surface area contributed by atoms with Crippen LogP contribution in [-0.2, 0) is 0 Å². The number of amides is 1. The fourth-order valence-electron chi connectivity index (χ4n) is 4.63. The highest BCUT2D eigenvalue weighted by molar-refractivity contribution is 5.95. The number of fused-ring (bicyclic) bond motifs is 1. The molecule has 0 radical (unpaired) electrons. The number of carbonyl (C=O) groups excluding carboxylic acids is 1. The number of rotatable bonds is 3. The van der Waals surface area contributed by atoms with Crippen LogP contribution in [0.1, 0.15) is 47.7 Å². The number of benzene rings is 2. The molecule has 0 saturated carbocycles. The van der Waals surface area contributed by atoms with Crippen LogP contribution in [0, 0.1) is 18.3 Å². The minimum Gasteiger partial charge on any atom is -0.336 e. The van der Waals surface area contributed by atoms with Gasteiger partial charge in [-0.3, -0.25) is 9.20 Å². The normalized spacial score (nSPS) is 16.0. The number of piperidine rings is 1.